The summed E-state index contributed by atoms with van der Waals surface area (Å²) >= 11 is 0.908. The van der Waals surface area contributed by atoms with Crippen LogP contribution in [0.3, 0.4) is 0 Å². The molecule has 0 saturated carbocycles. The number of rotatable bonds is 5. The Hall–Kier alpha value is -3.14. The molecule has 0 radical (unpaired) electrons. The number of aromatic nitrogens is 4. The van der Waals surface area contributed by atoms with Crippen molar-refractivity contribution in [2.45, 2.75) is 5.03 Å². The summed E-state index contributed by atoms with van der Waals surface area (Å²) in [6.45, 7) is 0. The molecule has 0 saturated heterocycles. The monoisotopic (exact) mass is 388 g/mol. The smallest absolute Gasteiger partial charge is 0.332 e. The van der Waals surface area contributed by atoms with Gasteiger partial charge in [-0.1, -0.05) is 11.8 Å². The normalized spacial score (nSPS) is 10.9. The average Bonchev–Trinajstić information content (AvgIpc) is 2.68. The summed E-state index contributed by atoms with van der Waals surface area (Å²) < 4.78 is 7.32. The van der Waals surface area contributed by atoms with Gasteiger partial charge in [-0.2, -0.15) is 0 Å². The molecule has 0 aliphatic heterocycles. The van der Waals surface area contributed by atoms with Crippen molar-refractivity contribution in [2.75, 3.05) is 12.9 Å². The molecule has 27 heavy (non-hydrogen) atoms. The number of benzene rings is 1. The number of hydrogen-bond donors (Lipinski definition) is 1. The molecule has 0 unspecified atom stereocenters. The van der Waals surface area contributed by atoms with Gasteiger partial charge in [0, 0.05) is 19.7 Å². The summed E-state index contributed by atoms with van der Waals surface area (Å²) in [5.41, 5.74) is -0.303. The Morgan fingerprint density at radius 1 is 1.15 bits per heavy atom. The first-order valence-electron chi connectivity index (χ1n) is 7.80. The lowest BCUT2D eigenvalue weighted by molar-refractivity contribution is -0.133. The van der Waals surface area contributed by atoms with E-state index in [0.717, 1.165) is 16.3 Å². The predicted octanol–water partition coefficient (Wildman–Crippen LogP) is 0.879. The molecule has 0 aliphatic carbocycles. The minimum Gasteiger partial charge on any atom is -0.497 e. The highest BCUT2D eigenvalue weighted by atomic mass is 32.2. The number of nitrogens with zero attached hydrogens (tertiary/aromatic N) is 4. The number of carboxylic acids is 1. The summed E-state index contributed by atoms with van der Waals surface area (Å²) in [6.07, 6.45) is 0. The number of carboxylic acid groups (broad SMARTS) is 1. The van der Waals surface area contributed by atoms with E-state index in [-0.39, 0.29) is 27.6 Å². The zero-order valence-electron chi connectivity index (χ0n) is 14.8. The van der Waals surface area contributed by atoms with Crippen molar-refractivity contribution in [1.29, 1.82) is 0 Å². The number of aryl methyl sites for hydroxylation is 1. The Morgan fingerprint density at radius 3 is 2.41 bits per heavy atom. The zero-order valence-corrected chi connectivity index (χ0v) is 15.6. The maximum Gasteiger partial charge on any atom is 0.332 e. The SMILES string of the molecule is COc1ccc(-c2nc(SCC(=O)O)c3c(=O)n(C)c(=O)n(C)c3n2)cc1. The molecular formula is C17H16N4O5S. The largest absolute Gasteiger partial charge is 0.497 e. The number of hydrogen-bond acceptors (Lipinski definition) is 7. The molecule has 0 amide bonds. The van der Waals surface area contributed by atoms with Crippen molar-refractivity contribution in [1.82, 2.24) is 19.1 Å². The zero-order chi connectivity index (χ0) is 19.7. The van der Waals surface area contributed by atoms with Crippen LogP contribution < -0.4 is 16.0 Å². The number of thioether (sulfide) groups is 1. The summed E-state index contributed by atoms with van der Waals surface area (Å²) in [5.74, 6) is -0.387. The summed E-state index contributed by atoms with van der Waals surface area (Å²) in [4.78, 5) is 44.6. The van der Waals surface area contributed by atoms with Crippen LogP contribution >= 0.6 is 11.8 Å². The highest BCUT2D eigenvalue weighted by Gasteiger charge is 2.18. The van der Waals surface area contributed by atoms with Crippen molar-refractivity contribution in [3.05, 3.63) is 45.1 Å². The molecule has 0 bridgehead atoms. The van der Waals surface area contributed by atoms with Gasteiger partial charge in [-0.3, -0.25) is 18.7 Å². The van der Waals surface area contributed by atoms with Gasteiger partial charge in [0.05, 0.1) is 12.9 Å². The lowest BCUT2D eigenvalue weighted by Crippen LogP contribution is -2.37. The van der Waals surface area contributed by atoms with Crippen LogP contribution in [0.2, 0.25) is 0 Å². The number of fused-ring (bicyclic) bond motifs is 1. The summed E-state index contributed by atoms with van der Waals surface area (Å²) in [6, 6.07) is 6.95. The lowest BCUT2D eigenvalue weighted by Gasteiger charge is -2.11. The number of aliphatic carboxylic acids is 1. The average molecular weight is 388 g/mol. The molecule has 10 heteroatoms. The van der Waals surface area contributed by atoms with Crippen molar-refractivity contribution < 1.29 is 14.6 Å². The fourth-order valence-electron chi connectivity index (χ4n) is 2.53. The Morgan fingerprint density at radius 2 is 1.81 bits per heavy atom. The molecule has 3 rings (SSSR count). The van der Waals surface area contributed by atoms with Gasteiger partial charge >= 0.3 is 11.7 Å². The van der Waals surface area contributed by atoms with Crippen molar-refractivity contribution in [3.8, 4) is 17.1 Å². The van der Waals surface area contributed by atoms with E-state index in [1.165, 1.54) is 18.7 Å². The van der Waals surface area contributed by atoms with Crippen LogP contribution in [0.4, 0.5) is 0 Å². The summed E-state index contributed by atoms with van der Waals surface area (Å²) in [5, 5.41) is 9.32. The maximum absolute atomic E-state index is 12.6. The fourth-order valence-corrected chi connectivity index (χ4v) is 3.27. The van der Waals surface area contributed by atoms with E-state index in [0.29, 0.717) is 11.3 Å². The third-order valence-electron chi connectivity index (χ3n) is 3.95. The van der Waals surface area contributed by atoms with E-state index in [1.807, 2.05) is 0 Å². The maximum atomic E-state index is 12.6. The molecule has 2 aromatic heterocycles. The molecule has 1 N–H and O–H groups in total. The molecule has 0 fully saturated rings. The summed E-state index contributed by atoms with van der Waals surface area (Å²) in [7, 11) is 4.40. The van der Waals surface area contributed by atoms with Gasteiger partial charge in [-0.25, -0.2) is 14.8 Å². The highest BCUT2D eigenvalue weighted by Crippen LogP contribution is 2.26. The molecule has 3 aromatic rings. The van der Waals surface area contributed by atoms with Gasteiger partial charge in [0.25, 0.3) is 5.56 Å². The standard InChI is InChI=1S/C17H16N4O5S/c1-20-14-12(16(24)21(2)17(20)25)15(27-8-11(22)23)19-13(18-14)9-4-6-10(26-3)7-5-9/h4-7H,8H2,1-3H3,(H,22,23). The second kappa shape index (κ2) is 7.23. The minimum absolute atomic E-state index is 0.114. The Bertz CT molecular complexity index is 1150. The van der Waals surface area contributed by atoms with Gasteiger partial charge < -0.3 is 9.84 Å². The first-order valence-corrected chi connectivity index (χ1v) is 8.78. The third kappa shape index (κ3) is 3.43. The van der Waals surface area contributed by atoms with Gasteiger partial charge in [0.2, 0.25) is 0 Å². The fraction of sp³-hybridized carbons (Fsp3) is 0.235. The van der Waals surface area contributed by atoms with E-state index < -0.39 is 17.2 Å². The number of carbonyl (C=O) groups is 1. The van der Waals surface area contributed by atoms with E-state index in [2.05, 4.69) is 9.97 Å². The molecule has 0 atom stereocenters. The third-order valence-corrected chi connectivity index (χ3v) is 4.91. The molecule has 0 aliphatic rings. The lowest BCUT2D eigenvalue weighted by atomic mass is 10.2. The number of methoxy groups -OCH3 is 1. The van der Waals surface area contributed by atoms with Gasteiger partial charge in [0.15, 0.2) is 11.5 Å². The first-order chi connectivity index (χ1) is 12.8. The van der Waals surface area contributed by atoms with Crippen LogP contribution in [0.5, 0.6) is 5.75 Å². The van der Waals surface area contributed by atoms with Crippen LogP contribution in [-0.4, -0.2) is 43.0 Å². The second-order valence-corrected chi connectivity index (χ2v) is 6.63. The predicted molar refractivity (Wildman–Crippen MR) is 100 cm³/mol. The molecule has 0 spiro atoms. The Labute approximate surface area is 157 Å². The second-order valence-electron chi connectivity index (χ2n) is 5.67. The van der Waals surface area contributed by atoms with E-state index >= 15 is 0 Å². The van der Waals surface area contributed by atoms with Crippen LogP contribution in [0, 0.1) is 0 Å². The quantitative estimate of drug-likeness (QED) is 0.506. The van der Waals surface area contributed by atoms with Gasteiger partial charge in [-0.05, 0) is 24.3 Å². The van der Waals surface area contributed by atoms with Gasteiger partial charge in [0.1, 0.15) is 16.2 Å². The van der Waals surface area contributed by atoms with Crippen LogP contribution in [0.15, 0.2) is 38.9 Å². The molecule has 9 nitrogen and oxygen atoms in total. The molecule has 140 valence electrons. The first kappa shape index (κ1) is 18.6. The van der Waals surface area contributed by atoms with Crippen LogP contribution in [-0.2, 0) is 18.9 Å². The Kier molecular flexibility index (Phi) is 5.00. The van der Waals surface area contributed by atoms with Crippen molar-refractivity contribution in [3.63, 3.8) is 0 Å². The minimum atomic E-state index is -1.04. The van der Waals surface area contributed by atoms with E-state index in [9.17, 15) is 14.4 Å². The number of ether oxygens (including phenoxy) is 1. The molecular weight excluding hydrogens is 372 g/mol. The highest BCUT2D eigenvalue weighted by molar-refractivity contribution is 8.00. The van der Waals surface area contributed by atoms with Crippen molar-refractivity contribution >= 4 is 28.8 Å². The van der Waals surface area contributed by atoms with E-state index in [1.54, 1.807) is 31.4 Å². The molecule has 2 heterocycles. The van der Waals surface area contributed by atoms with E-state index in [4.69, 9.17) is 9.84 Å². The Balaban J connectivity index is 2.31. The topological polar surface area (TPSA) is 116 Å². The van der Waals surface area contributed by atoms with Gasteiger partial charge in [-0.15, -0.1) is 0 Å². The van der Waals surface area contributed by atoms with Crippen molar-refractivity contribution in [2.24, 2.45) is 14.1 Å². The molecule has 1 aromatic carbocycles. The van der Waals surface area contributed by atoms with Crippen LogP contribution in [0.1, 0.15) is 0 Å². The van der Waals surface area contributed by atoms with Crippen LogP contribution in [0.25, 0.3) is 22.4 Å².